The number of rotatable bonds is 5. The Balaban J connectivity index is 1.47. The van der Waals surface area contributed by atoms with E-state index in [1.54, 1.807) is 30.3 Å². The van der Waals surface area contributed by atoms with Crippen LogP contribution in [-0.4, -0.2) is 29.3 Å². The van der Waals surface area contributed by atoms with E-state index in [9.17, 15) is 14.4 Å². The standard InChI is InChI=1S/C24H18ClN3O3/c25-19-9-11-20(12-10-19)26-22(29)15-28-23(30)21(27-24(28)31)14-16-5-4-8-18(13-16)17-6-2-1-3-7-17/h1-14H,15H2,(H,26,29)(H,27,31). The minimum Gasteiger partial charge on any atom is -0.325 e. The number of amides is 4. The molecule has 0 unspecified atom stereocenters. The van der Waals surface area contributed by atoms with Gasteiger partial charge in [-0.3, -0.25) is 9.59 Å². The molecule has 0 atom stereocenters. The SMILES string of the molecule is O=C(CN1C(=O)NC(=Cc2cccc(-c3ccccc3)c2)C1=O)Nc1ccc(Cl)cc1. The second-order valence-corrected chi connectivity index (χ2v) is 7.36. The summed E-state index contributed by atoms with van der Waals surface area (Å²) in [7, 11) is 0. The van der Waals surface area contributed by atoms with Gasteiger partial charge in [-0.15, -0.1) is 0 Å². The lowest BCUT2D eigenvalue weighted by Gasteiger charge is -2.12. The second kappa shape index (κ2) is 8.85. The zero-order valence-electron chi connectivity index (χ0n) is 16.3. The Morgan fingerprint density at radius 3 is 2.39 bits per heavy atom. The maximum absolute atomic E-state index is 12.7. The highest BCUT2D eigenvalue weighted by molar-refractivity contribution is 6.30. The average Bonchev–Trinajstić information content (AvgIpc) is 3.03. The van der Waals surface area contributed by atoms with Crippen molar-refractivity contribution in [3.63, 3.8) is 0 Å². The Kier molecular flexibility index (Phi) is 5.82. The van der Waals surface area contributed by atoms with Crippen LogP contribution in [0, 0.1) is 0 Å². The Hall–Kier alpha value is -3.90. The molecule has 7 heteroatoms. The number of benzene rings is 3. The third-order valence-electron chi connectivity index (χ3n) is 4.70. The zero-order valence-corrected chi connectivity index (χ0v) is 17.1. The fraction of sp³-hybridized carbons (Fsp3) is 0.0417. The van der Waals surface area contributed by atoms with E-state index in [2.05, 4.69) is 10.6 Å². The number of halogens is 1. The molecule has 3 aromatic carbocycles. The first kappa shape index (κ1) is 20.4. The van der Waals surface area contributed by atoms with Gasteiger partial charge in [0.1, 0.15) is 12.2 Å². The molecule has 1 saturated heterocycles. The number of anilines is 1. The predicted octanol–water partition coefficient (Wildman–Crippen LogP) is 4.54. The average molecular weight is 432 g/mol. The van der Waals surface area contributed by atoms with Gasteiger partial charge in [0.2, 0.25) is 5.91 Å². The molecule has 2 N–H and O–H groups in total. The third-order valence-corrected chi connectivity index (χ3v) is 4.95. The van der Waals surface area contributed by atoms with Crippen LogP contribution in [0.4, 0.5) is 10.5 Å². The smallest absolute Gasteiger partial charge is 0.325 e. The second-order valence-electron chi connectivity index (χ2n) is 6.93. The Morgan fingerprint density at radius 1 is 0.935 bits per heavy atom. The molecule has 154 valence electrons. The van der Waals surface area contributed by atoms with Crippen LogP contribution in [0.3, 0.4) is 0 Å². The largest absolute Gasteiger partial charge is 0.329 e. The third kappa shape index (κ3) is 4.82. The molecule has 1 aliphatic rings. The Labute approximate surface area is 184 Å². The van der Waals surface area contributed by atoms with E-state index in [-0.39, 0.29) is 5.70 Å². The van der Waals surface area contributed by atoms with Gasteiger partial charge >= 0.3 is 6.03 Å². The van der Waals surface area contributed by atoms with Gasteiger partial charge < -0.3 is 10.6 Å². The van der Waals surface area contributed by atoms with Crippen molar-refractivity contribution in [2.24, 2.45) is 0 Å². The highest BCUT2D eigenvalue weighted by Crippen LogP contribution is 2.22. The monoisotopic (exact) mass is 431 g/mol. The normalized spacial score (nSPS) is 14.6. The summed E-state index contributed by atoms with van der Waals surface area (Å²) in [5.41, 5.74) is 3.44. The first-order valence-electron chi connectivity index (χ1n) is 9.55. The lowest BCUT2D eigenvalue weighted by molar-refractivity contribution is -0.127. The summed E-state index contributed by atoms with van der Waals surface area (Å²) >= 11 is 5.83. The number of imide groups is 1. The highest BCUT2D eigenvalue weighted by Gasteiger charge is 2.34. The topological polar surface area (TPSA) is 78.5 Å². The number of carbonyl (C=O) groups excluding carboxylic acids is 3. The zero-order chi connectivity index (χ0) is 21.8. The summed E-state index contributed by atoms with van der Waals surface area (Å²) in [5, 5.41) is 5.72. The number of nitrogens with one attached hydrogen (secondary N) is 2. The molecule has 4 rings (SSSR count). The minimum absolute atomic E-state index is 0.120. The number of hydrogen-bond acceptors (Lipinski definition) is 3. The van der Waals surface area contributed by atoms with Crippen LogP contribution in [0.5, 0.6) is 0 Å². The summed E-state index contributed by atoms with van der Waals surface area (Å²) in [4.78, 5) is 38.1. The lowest BCUT2D eigenvalue weighted by atomic mass is 10.0. The molecule has 3 aromatic rings. The molecule has 31 heavy (non-hydrogen) atoms. The van der Waals surface area contributed by atoms with Crippen LogP contribution in [0.25, 0.3) is 17.2 Å². The van der Waals surface area contributed by atoms with E-state index in [4.69, 9.17) is 11.6 Å². The van der Waals surface area contributed by atoms with Gasteiger partial charge in [-0.05, 0) is 53.1 Å². The van der Waals surface area contributed by atoms with Gasteiger partial charge in [-0.25, -0.2) is 9.69 Å². The van der Waals surface area contributed by atoms with Crippen LogP contribution >= 0.6 is 11.6 Å². The number of carbonyl (C=O) groups is 3. The van der Waals surface area contributed by atoms with Gasteiger partial charge in [0.15, 0.2) is 0 Å². The van der Waals surface area contributed by atoms with Crippen LogP contribution < -0.4 is 10.6 Å². The molecular formula is C24H18ClN3O3. The first-order valence-corrected chi connectivity index (χ1v) is 9.93. The molecule has 0 spiro atoms. The molecular weight excluding hydrogens is 414 g/mol. The molecule has 0 aromatic heterocycles. The van der Waals surface area contributed by atoms with E-state index < -0.39 is 24.4 Å². The Bertz CT molecular complexity index is 1170. The van der Waals surface area contributed by atoms with Crippen molar-refractivity contribution in [2.75, 3.05) is 11.9 Å². The van der Waals surface area contributed by atoms with Gasteiger partial charge in [-0.1, -0.05) is 60.1 Å². The van der Waals surface area contributed by atoms with Crippen molar-refractivity contribution in [1.82, 2.24) is 10.2 Å². The first-order chi connectivity index (χ1) is 15.0. The van der Waals surface area contributed by atoms with E-state index in [1.165, 1.54) is 0 Å². The molecule has 0 saturated carbocycles. The van der Waals surface area contributed by atoms with Gasteiger partial charge in [-0.2, -0.15) is 0 Å². The van der Waals surface area contributed by atoms with Crippen molar-refractivity contribution in [3.8, 4) is 11.1 Å². The van der Waals surface area contributed by atoms with E-state index in [0.29, 0.717) is 10.7 Å². The van der Waals surface area contributed by atoms with E-state index >= 15 is 0 Å². The van der Waals surface area contributed by atoms with E-state index in [1.807, 2.05) is 54.6 Å². The van der Waals surface area contributed by atoms with Crippen molar-refractivity contribution >= 4 is 41.2 Å². The molecule has 0 bridgehead atoms. The molecule has 1 aliphatic heterocycles. The van der Waals surface area contributed by atoms with Crippen molar-refractivity contribution in [2.45, 2.75) is 0 Å². The fourth-order valence-electron chi connectivity index (χ4n) is 3.20. The minimum atomic E-state index is -0.637. The number of nitrogens with zero attached hydrogens (tertiary/aromatic N) is 1. The molecule has 6 nitrogen and oxygen atoms in total. The summed E-state index contributed by atoms with van der Waals surface area (Å²) in [6.07, 6.45) is 1.60. The van der Waals surface area contributed by atoms with Crippen LogP contribution in [0.15, 0.2) is 84.6 Å². The van der Waals surface area contributed by atoms with Crippen molar-refractivity contribution < 1.29 is 14.4 Å². The van der Waals surface area contributed by atoms with Crippen LogP contribution in [0.2, 0.25) is 5.02 Å². The highest BCUT2D eigenvalue weighted by atomic mass is 35.5. The molecule has 0 aliphatic carbocycles. The van der Waals surface area contributed by atoms with Crippen LogP contribution in [-0.2, 0) is 9.59 Å². The molecule has 4 amide bonds. The summed E-state index contributed by atoms with van der Waals surface area (Å²) < 4.78 is 0. The summed E-state index contributed by atoms with van der Waals surface area (Å²) in [5.74, 6) is -1.04. The quantitative estimate of drug-likeness (QED) is 0.460. The van der Waals surface area contributed by atoms with Gasteiger partial charge in [0.05, 0.1) is 0 Å². The maximum atomic E-state index is 12.7. The molecule has 1 heterocycles. The maximum Gasteiger partial charge on any atom is 0.329 e. The van der Waals surface area contributed by atoms with Crippen molar-refractivity contribution in [3.05, 3.63) is 95.1 Å². The number of urea groups is 1. The molecule has 1 fully saturated rings. The Morgan fingerprint density at radius 2 is 1.65 bits per heavy atom. The fourth-order valence-corrected chi connectivity index (χ4v) is 3.32. The lowest BCUT2D eigenvalue weighted by Crippen LogP contribution is -2.38. The van der Waals surface area contributed by atoms with Crippen molar-refractivity contribution in [1.29, 1.82) is 0 Å². The predicted molar refractivity (Wildman–Crippen MR) is 120 cm³/mol. The summed E-state index contributed by atoms with van der Waals surface area (Å²) in [6.45, 7) is -0.394. The summed E-state index contributed by atoms with van der Waals surface area (Å²) in [6, 6.07) is 23.4. The van der Waals surface area contributed by atoms with Crippen LogP contribution in [0.1, 0.15) is 5.56 Å². The van der Waals surface area contributed by atoms with Gasteiger partial charge in [0.25, 0.3) is 5.91 Å². The van der Waals surface area contributed by atoms with E-state index in [0.717, 1.165) is 21.6 Å². The number of hydrogen-bond donors (Lipinski definition) is 2. The molecule has 0 radical (unpaired) electrons. The van der Waals surface area contributed by atoms with Gasteiger partial charge in [0, 0.05) is 10.7 Å².